The molecule has 0 radical (unpaired) electrons. The zero-order chi connectivity index (χ0) is 23.5. The molecule has 0 spiro atoms. The van der Waals surface area contributed by atoms with Crippen molar-refractivity contribution in [3.05, 3.63) is 47.4 Å². The zero-order valence-electron chi connectivity index (χ0n) is 19.5. The van der Waals surface area contributed by atoms with E-state index in [1.165, 1.54) is 38.4 Å². The first kappa shape index (κ1) is 22.8. The van der Waals surface area contributed by atoms with Gasteiger partial charge in [0.2, 0.25) is 0 Å². The number of fused-ring (bicyclic) bond motifs is 2. The van der Waals surface area contributed by atoms with Gasteiger partial charge in [-0.2, -0.15) is 0 Å². The van der Waals surface area contributed by atoms with Crippen molar-refractivity contribution in [1.29, 1.82) is 0 Å². The van der Waals surface area contributed by atoms with Crippen LogP contribution in [0.3, 0.4) is 0 Å². The molecule has 6 nitrogen and oxygen atoms in total. The van der Waals surface area contributed by atoms with Gasteiger partial charge in [-0.05, 0) is 51.0 Å². The molecule has 0 bridgehead atoms. The lowest BCUT2D eigenvalue weighted by Crippen LogP contribution is -2.30. The SMILES string of the molecule is COc1cc2nccc(Oc3cc4sc(CCCN5CCCCC5)nc4cc3F)c2cc1OC. The molecule has 34 heavy (non-hydrogen) atoms. The third-order valence-corrected chi connectivity index (χ3v) is 7.30. The van der Waals surface area contributed by atoms with Gasteiger partial charge in [-0.3, -0.25) is 4.98 Å². The number of aryl methyl sites for hydroxylation is 1. The minimum Gasteiger partial charge on any atom is -0.493 e. The van der Waals surface area contributed by atoms with E-state index in [-0.39, 0.29) is 5.75 Å². The van der Waals surface area contributed by atoms with E-state index in [1.54, 1.807) is 56.0 Å². The summed E-state index contributed by atoms with van der Waals surface area (Å²) in [6.07, 6.45) is 7.56. The fourth-order valence-electron chi connectivity index (χ4n) is 4.45. The van der Waals surface area contributed by atoms with Gasteiger partial charge in [0, 0.05) is 36.2 Å². The monoisotopic (exact) mass is 481 g/mol. The summed E-state index contributed by atoms with van der Waals surface area (Å²) in [6, 6.07) is 8.49. The van der Waals surface area contributed by atoms with Crippen molar-refractivity contribution in [3.8, 4) is 23.0 Å². The smallest absolute Gasteiger partial charge is 0.167 e. The molecule has 5 rings (SSSR count). The normalized spacial score (nSPS) is 14.6. The number of hydrogen-bond donors (Lipinski definition) is 0. The van der Waals surface area contributed by atoms with Crippen molar-refractivity contribution in [2.75, 3.05) is 33.9 Å². The first-order chi connectivity index (χ1) is 16.6. The van der Waals surface area contributed by atoms with Crippen molar-refractivity contribution in [1.82, 2.24) is 14.9 Å². The molecule has 1 aliphatic rings. The number of methoxy groups -OCH3 is 2. The molecular formula is C26H28FN3O3S. The Kier molecular flexibility index (Phi) is 6.78. The Bertz CT molecular complexity index is 1300. The number of benzene rings is 2. The van der Waals surface area contributed by atoms with Crippen LogP contribution >= 0.6 is 11.3 Å². The lowest BCUT2D eigenvalue weighted by molar-refractivity contribution is 0.226. The van der Waals surface area contributed by atoms with Crippen LogP contribution in [-0.4, -0.2) is 48.7 Å². The van der Waals surface area contributed by atoms with E-state index in [1.807, 2.05) is 0 Å². The Labute approximate surface area is 202 Å². The Morgan fingerprint density at radius 3 is 2.53 bits per heavy atom. The molecule has 4 aromatic rings. The van der Waals surface area contributed by atoms with Crippen LogP contribution in [0.25, 0.3) is 21.1 Å². The fourth-order valence-corrected chi connectivity index (χ4v) is 5.47. The van der Waals surface area contributed by atoms with Crippen LogP contribution in [-0.2, 0) is 6.42 Å². The maximum absolute atomic E-state index is 14.9. The summed E-state index contributed by atoms with van der Waals surface area (Å²) in [5.41, 5.74) is 1.35. The Morgan fingerprint density at radius 1 is 0.941 bits per heavy atom. The highest BCUT2D eigenvalue weighted by Crippen LogP contribution is 2.38. The molecule has 0 unspecified atom stereocenters. The molecule has 0 saturated carbocycles. The zero-order valence-corrected chi connectivity index (χ0v) is 20.3. The summed E-state index contributed by atoms with van der Waals surface area (Å²) in [4.78, 5) is 11.6. The second-order valence-corrected chi connectivity index (χ2v) is 9.61. The number of piperidine rings is 1. The highest BCUT2D eigenvalue weighted by molar-refractivity contribution is 7.18. The van der Waals surface area contributed by atoms with Crippen molar-refractivity contribution in [2.24, 2.45) is 0 Å². The number of pyridine rings is 1. The topological polar surface area (TPSA) is 56.7 Å². The van der Waals surface area contributed by atoms with Gasteiger partial charge in [0.1, 0.15) is 5.75 Å². The number of thiazole rings is 1. The summed E-state index contributed by atoms with van der Waals surface area (Å²) < 4.78 is 32.7. The van der Waals surface area contributed by atoms with Crippen molar-refractivity contribution in [2.45, 2.75) is 32.1 Å². The van der Waals surface area contributed by atoms with Crippen molar-refractivity contribution in [3.63, 3.8) is 0 Å². The van der Waals surface area contributed by atoms with Crippen molar-refractivity contribution < 1.29 is 18.6 Å². The Hall–Kier alpha value is -2.97. The number of hydrogen-bond acceptors (Lipinski definition) is 7. The van der Waals surface area contributed by atoms with Gasteiger partial charge in [0.05, 0.1) is 35.0 Å². The molecule has 178 valence electrons. The summed E-state index contributed by atoms with van der Waals surface area (Å²) in [5, 5.41) is 1.75. The molecule has 3 heterocycles. The van der Waals surface area contributed by atoms with Gasteiger partial charge in [-0.15, -0.1) is 11.3 Å². The van der Waals surface area contributed by atoms with E-state index in [2.05, 4.69) is 14.9 Å². The molecule has 2 aromatic heterocycles. The summed E-state index contributed by atoms with van der Waals surface area (Å²) in [7, 11) is 3.15. The molecule has 8 heteroatoms. The Balaban J connectivity index is 1.36. The van der Waals surface area contributed by atoms with E-state index in [0.29, 0.717) is 33.7 Å². The molecular weight excluding hydrogens is 453 g/mol. The third kappa shape index (κ3) is 4.79. The predicted molar refractivity (Wildman–Crippen MR) is 133 cm³/mol. The highest BCUT2D eigenvalue weighted by Gasteiger charge is 2.16. The summed E-state index contributed by atoms with van der Waals surface area (Å²) in [5.74, 6) is 1.35. The maximum Gasteiger partial charge on any atom is 0.167 e. The van der Waals surface area contributed by atoms with Crippen LogP contribution in [0.15, 0.2) is 36.5 Å². The van der Waals surface area contributed by atoms with Gasteiger partial charge >= 0.3 is 0 Å². The first-order valence-electron chi connectivity index (χ1n) is 11.6. The van der Waals surface area contributed by atoms with Gasteiger partial charge < -0.3 is 19.1 Å². The van der Waals surface area contributed by atoms with E-state index < -0.39 is 5.82 Å². The number of halogens is 1. The van der Waals surface area contributed by atoms with Crippen LogP contribution in [0.4, 0.5) is 4.39 Å². The molecule has 0 atom stereocenters. The van der Waals surface area contributed by atoms with Crippen LogP contribution in [0.2, 0.25) is 0 Å². The van der Waals surface area contributed by atoms with Gasteiger partial charge in [0.25, 0.3) is 0 Å². The Morgan fingerprint density at radius 2 is 1.74 bits per heavy atom. The molecule has 0 N–H and O–H groups in total. The number of rotatable bonds is 8. The molecule has 1 fully saturated rings. The molecule has 0 amide bonds. The average Bonchev–Trinajstić information content (AvgIpc) is 3.25. The lowest BCUT2D eigenvalue weighted by Gasteiger charge is -2.26. The van der Waals surface area contributed by atoms with Crippen LogP contribution in [0.5, 0.6) is 23.0 Å². The predicted octanol–water partition coefficient (Wildman–Crippen LogP) is 6.21. The minimum atomic E-state index is -0.442. The fraction of sp³-hybridized carbons (Fsp3) is 0.385. The van der Waals surface area contributed by atoms with E-state index in [4.69, 9.17) is 14.2 Å². The summed E-state index contributed by atoms with van der Waals surface area (Å²) in [6.45, 7) is 3.50. The number of nitrogens with zero attached hydrogens (tertiary/aromatic N) is 3. The maximum atomic E-state index is 14.9. The standard InChI is InChI=1S/C26H28FN3O3S/c1-31-23-13-17-19(15-24(23)32-2)28-9-8-21(17)33-22-16-25-20(14-18(22)27)29-26(34-25)7-6-12-30-10-4-3-5-11-30/h8-9,13-16H,3-7,10-12H2,1-2H3. The average molecular weight is 482 g/mol. The first-order valence-corrected chi connectivity index (χ1v) is 12.5. The quantitative estimate of drug-likeness (QED) is 0.298. The van der Waals surface area contributed by atoms with Gasteiger partial charge in [-0.1, -0.05) is 6.42 Å². The highest BCUT2D eigenvalue weighted by atomic mass is 32.1. The van der Waals surface area contributed by atoms with E-state index in [9.17, 15) is 4.39 Å². The summed E-state index contributed by atoms with van der Waals surface area (Å²) >= 11 is 1.61. The molecule has 0 aliphatic carbocycles. The molecule has 1 saturated heterocycles. The molecule has 2 aromatic carbocycles. The largest absolute Gasteiger partial charge is 0.493 e. The second kappa shape index (κ2) is 10.1. The number of likely N-dealkylation sites (tertiary alicyclic amines) is 1. The second-order valence-electron chi connectivity index (χ2n) is 8.50. The number of ether oxygens (including phenoxy) is 3. The van der Waals surface area contributed by atoms with Crippen LogP contribution in [0.1, 0.15) is 30.7 Å². The number of aromatic nitrogens is 2. The van der Waals surface area contributed by atoms with Crippen LogP contribution in [0, 0.1) is 5.82 Å². The van der Waals surface area contributed by atoms with Gasteiger partial charge in [-0.25, -0.2) is 9.37 Å². The minimum absolute atomic E-state index is 0.165. The van der Waals surface area contributed by atoms with Crippen LogP contribution < -0.4 is 14.2 Å². The third-order valence-electron chi connectivity index (χ3n) is 6.23. The van der Waals surface area contributed by atoms with E-state index in [0.717, 1.165) is 29.1 Å². The van der Waals surface area contributed by atoms with E-state index >= 15 is 0 Å². The van der Waals surface area contributed by atoms with Gasteiger partial charge in [0.15, 0.2) is 23.1 Å². The molecule has 1 aliphatic heterocycles. The van der Waals surface area contributed by atoms with Crippen molar-refractivity contribution >= 4 is 32.5 Å². The lowest BCUT2D eigenvalue weighted by atomic mass is 10.1.